The van der Waals surface area contributed by atoms with Gasteiger partial charge in [0.1, 0.15) is 12.4 Å². The van der Waals surface area contributed by atoms with E-state index in [0.29, 0.717) is 24.4 Å². The molecule has 32 heavy (non-hydrogen) atoms. The first-order valence-corrected chi connectivity index (χ1v) is 10.00. The van der Waals surface area contributed by atoms with Gasteiger partial charge in [-0.3, -0.25) is 9.59 Å². The molecule has 0 saturated carbocycles. The Balaban J connectivity index is 1.49. The number of rotatable bonds is 7. The van der Waals surface area contributed by atoms with Gasteiger partial charge in [0.2, 0.25) is 0 Å². The van der Waals surface area contributed by atoms with E-state index < -0.39 is 12.1 Å². The Morgan fingerprint density at radius 1 is 1.06 bits per heavy atom. The lowest BCUT2D eigenvalue weighted by molar-refractivity contribution is -0.173. The lowest BCUT2D eigenvalue weighted by atomic mass is 9.99. The molecule has 2 amide bonds. The second-order valence-corrected chi connectivity index (χ2v) is 7.33. The quantitative estimate of drug-likeness (QED) is 0.644. The van der Waals surface area contributed by atoms with E-state index in [4.69, 9.17) is 4.74 Å². The molecule has 0 atom stereocenters. The minimum Gasteiger partial charge on any atom is -0.489 e. The van der Waals surface area contributed by atoms with E-state index in [9.17, 15) is 27.2 Å². The molecule has 170 valence electrons. The average molecular weight is 450 g/mol. The Morgan fingerprint density at radius 2 is 1.75 bits per heavy atom. The van der Waals surface area contributed by atoms with Crippen molar-refractivity contribution in [3.8, 4) is 5.75 Å². The molecule has 0 aromatic heterocycles. The molecule has 1 N–H and O–H groups in total. The zero-order valence-corrected chi connectivity index (χ0v) is 17.1. The van der Waals surface area contributed by atoms with Gasteiger partial charge in [-0.2, -0.15) is 13.2 Å². The Kier molecular flexibility index (Phi) is 7.50. The van der Waals surface area contributed by atoms with Crippen LogP contribution in [-0.4, -0.2) is 42.6 Å². The number of carbonyl (C=O) groups excluding carboxylic acids is 2. The largest absolute Gasteiger partial charge is 0.489 e. The van der Waals surface area contributed by atoms with Crippen LogP contribution in [0.15, 0.2) is 60.4 Å². The molecule has 2 aromatic rings. The number of hydrogen-bond donors (Lipinski definition) is 1. The molecule has 2 aromatic carbocycles. The van der Waals surface area contributed by atoms with Gasteiger partial charge in [0.15, 0.2) is 0 Å². The highest BCUT2D eigenvalue weighted by atomic mass is 19.4. The highest BCUT2D eigenvalue weighted by Crippen LogP contribution is 2.22. The fraction of sp³-hybridized carbons (Fsp3) is 0.304. The molecule has 1 aliphatic heterocycles. The molecule has 3 rings (SSSR count). The van der Waals surface area contributed by atoms with Crippen LogP contribution in [0.25, 0.3) is 0 Å². The fourth-order valence-electron chi connectivity index (χ4n) is 3.32. The zero-order chi connectivity index (χ0) is 23.1. The first kappa shape index (κ1) is 23.3. The number of nitrogens with one attached hydrogen (secondary N) is 1. The van der Waals surface area contributed by atoms with Crippen molar-refractivity contribution in [3.05, 3.63) is 77.1 Å². The van der Waals surface area contributed by atoms with Crippen LogP contribution in [0.4, 0.5) is 17.6 Å². The maximum atomic E-state index is 13.0. The number of hydrogen-bond acceptors (Lipinski definition) is 3. The van der Waals surface area contributed by atoms with Crippen LogP contribution in [0.3, 0.4) is 0 Å². The van der Waals surface area contributed by atoms with Crippen molar-refractivity contribution >= 4 is 11.8 Å². The molecular formula is C23H22F4N2O3. The van der Waals surface area contributed by atoms with Gasteiger partial charge in [-0.25, -0.2) is 4.39 Å². The Bertz CT molecular complexity index is 987. The first-order chi connectivity index (χ1) is 15.3. The normalized spacial score (nSPS) is 14.0. The van der Waals surface area contributed by atoms with Crippen LogP contribution >= 0.6 is 0 Å². The lowest BCUT2D eigenvalue weighted by Gasteiger charge is -2.29. The number of halogens is 4. The SMILES string of the molecule is O=C(c1ccc(OC/C(=C\F)CCNC(=O)C(F)(F)F)cc1)N1CCc2ccccc2C1. The van der Waals surface area contributed by atoms with Crippen LogP contribution in [0, 0.1) is 0 Å². The van der Waals surface area contributed by atoms with E-state index in [1.807, 2.05) is 18.2 Å². The zero-order valence-electron chi connectivity index (χ0n) is 17.1. The van der Waals surface area contributed by atoms with Crippen LogP contribution in [0.5, 0.6) is 5.75 Å². The average Bonchev–Trinajstić information content (AvgIpc) is 2.80. The Hall–Kier alpha value is -3.36. The van der Waals surface area contributed by atoms with Gasteiger partial charge in [-0.05, 0) is 53.8 Å². The summed E-state index contributed by atoms with van der Waals surface area (Å²) in [4.78, 5) is 25.3. The molecular weight excluding hydrogens is 428 g/mol. The molecule has 0 bridgehead atoms. The van der Waals surface area contributed by atoms with Crippen LogP contribution < -0.4 is 10.1 Å². The van der Waals surface area contributed by atoms with Crippen molar-refractivity contribution in [2.24, 2.45) is 0 Å². The third-order valence-corrected chi connectivity index (χ3v) is 5.09. The number of nitrogens with zero attached hydrogens (tertiary/aromatic N) is 1. The highest BCUT2D eigenvalue weighted by molar-refractivity contribution is 5.94. The molecule has 5 nitrogen and oxygen atoms in total. The van der Waals surface area contributed by atoms with Gasteiger partial charge in [-0.15, -0.1) is 0 Å². The smallest absolute Gasteiger partial charge is 0.471 e. The summed E-state index contributed by atoms with van der Waals surface area (Å²) in [6, 6.07) is 14.4. The summed E-state index contributed by atoms with van der Waals surface area (Å²) in [5.74, 6) is -1.80. The van der Waals surface area contributed by atoms with Crippen molar-refractivity contribution in [3.63, 3.8) is 0 Å². The second-order valence-electron chi connectivity index (χ2n) is 7.33. The van der Waals surface area contributed by atoms with Crippen LogP contribution in [0.2, 0.25) is 0 Å². The van der Waals surface area contributed by atoms with Gasteiger partial charge >= 0.3 is 12.1 Å². The molecule has 0 spiro atoms. The second kappa shape index (κ2) is 10.3. The van der Waals surface area contributed by atoms with E-state index >= 15 is 0 Å². The van der Waals surface area contributed by atoms with Gasteiger partial charge in [0.25, 0.3) is 5.91 Å². The topological polar surface area (TPSA) is 58.6 Å². The molecule has 1 aliphatic rings. The van der Waals surface area contributed by atoms with Gasteiger partial charge in [0, 0.05) is 25.2 Å². The van der Waals surface area contributed by atoms with Crippen LogP contribution in [-0.2, 0) is 17.8 Å². The maximum absolute atomic E-state index is 13.0. The molecule has 0 aliphatic carbocycles. The fourth-order valence-corrected chi connectivity index (χ4v) is 3.32. The van der Waals surface area contributed by atoms with Gasteiger partial charge < -0.3 is 15.0 Å². The molecule has 0 saturated heterocycles. The number of amides is 2. The minimum atomic E-state index is -4.98. The van der Waals surface area contributed by atoms with Crippen molar-refractivity contribution in [1.82, 2.24) is 10.2 Å². The number of alkyl halides is 3. The summed E-state index contributed by atoms with van der Waals surface area (Å²) >= 11 is 0. The number of fused-ring (bicyclic) bond motifs is 1. The lowest BCUT2D eigenvalue weighted by Crippen LogP contribution is -2.37. The summed E-state index contributed by atoms with van der Waals surface area (Å²) in [6.45, 7) is 0.602. The molecule has 9 heteroatoms. The summed E-state index contributed by atoms with van der Waals surface area (Å²) in [6.07, 6.45) is -4.07. The molecule has 0 unspecified atom stereocenters. The van der Waals surface area contributed by atoms with Crippen LogP contribution in [0.1, 0.15) is 27.9 Å². The number of carbonyl (C=O) groups is 2. The van der Waals surface area contributed by atoms with Crippen molar-refractivity contribution in [2.45, 2.75) is 25.6 Å². The van der Waals surface area contributed by atoms with Crippen molar-refractivity contribution in [2.75, 3.05) is 19.7 Å². The Labute approximate surface area is 182 Å². The van der Waals surface area contributed by atoms with Gasteiger partial charge in [-0.1, -0.05) is 24.3 Å². The summed E-state index contributed by atoms with van der Waals surface area (Å²) < 4.78 is 54.9. The predicted molar refractivity (Wildman–Crippen MR) is 110 cm³/mol. The third-order valence-electron chi connectivity index (χ3n) is 5.09. The molecule has 0 radical (unpaired) electrons. The Morgan fingerprint density at radius 3 is 2.41 bits per heavy atom. The molecule has 1 heterocycles. The first-order valence-electron chi connectivity index (χ1n) is 10.00. The molecule has 0 fully saturated rings. The monoisotopic (exact) mass is 450 g/mol. The number of benzene rings is 2. The van der Waals surface area contributed by atoms with E-state index in [1.54, 1.807) is 34.5 Å². The van der Waals surface area contributed by atoms with Crippen molar-refractivity contribution in [1.29, 1.82) is 0 Å². The highest BCUT2D eigenvalue weighted by Gasteiger charge is 2.38. The summed E-state index contributed by atoms with van der Waals surface area (Å²) in [7, 11) is 0. The summed E-state index contributed by atoms with van der Waals surface area (Å²) in [5.41, 5.74) is 2.95. The van der Waals surface area contributed by atoms with E-state index in [-0.39, 0.29) is 37.4 Å². The van der Waals surface area contributed by atoms with E-state index in [1.165, 1.54) is 5.56 Å². The van der Waals surface area contributed by atoms with Crippen molar-refractivity contribution < 1.29 is 31.9 Å². The maximum Gasteiger partial charge on any atom is 0.471 e. The van der Waals surface area contributed by atoms with E-state index in [0.717, 1.165) is 12.0 Å². The number of ether oxygens (including phenoxy) is 1. The predicted octanol–water partition coefficient (Wildman–Crippen LogP) is 4.19. The summed E-state index contributed by atoms with van der Waals surface area (Å²) in [5, 5.41) is 1.67. The van der Waals surface area contributed by atoms with Gasteiger partial charge in [0.05, 0.1) is 6.33 Å². The standard InChI is InChI=1S/C23H22F4N2O3/c24-13-16(9-11-28-22(31)23(25,26)27)15-32-20-7-5-18(6-8-20)21(30)29-12-10-17-3-1-2-4-19(17)14-29/h1-8,13H,9-12,14-15H2,(H,28,31)/b16-13-. The van der Waals surface area contributed by atoms with E-state index in [2.05, 4.69) is 6.07 Å². The third kappa shape index (κ3) is 6.09. The minimum absolute atomic E-state index is 0.0830.